The van der Waals surface area contributed by atoms with Crippen LogP contribution in [0.1, 0.15) is 15.9 Å². The van der Waals surface area contributed by atoms with Crippen LogP contribution in [0.5, 0.6) is 5.75 Å². The molecule has 0 N–H and O–H groups in total. The molecule has 0 saturated carbocycles. The maximum atomic E-state index is 13.3. The van der Waals surface area contributed by atoms with Crippen LogP contribution in [0.2, 0.25) is 0 Å². The van der Waals surface area contributed by atoms with Crippen LogP contribution >= 0.6 is 11.5 Å². The molecular weight excluding hydrogens is 444 g/mol. The highest BCUT2D eigenvalue weighted by molar-refractivity contribution is 7.03. The Labute approximate surface area is 200 Å². The van der Waals surface area contributed by atoms with Gasteiger partial charge < -0.3 is 9.64 Å². The molecule has 1 aliphatic heterocycles. The van der Waals surface area contributed by atoms with Crippen LogP contribution in [-0.4, -0.2) is 38.5 Å². The van der Waals surface area contributed by atoms with Gasteiger partial charge in [-0.25, -0.2) is 0 Å². The van der Waals surface area contributed by atoms with Crippen LogP contribution in [0.15, 0.2) is 84.4 Å². The van der Waals surface area contributed by atoms with Crippen LogP contribution < -0.4 is 4.74 Å². The first-order chi connectivity index (χ1) is 16.7. The summed E-state index contributed by atoms with van der Waals surface area (Å²) >= 11 is 1.31. The van der Waals surface area contributed by atoms with Crippen LogP contribution in [0.4, 0.5) is 0 Å². The molecule has 0 aliphatic carbocycles. The molecule has 166 valence electrons. The molecule has 0 atom stereocenters. The highest BCUT2D eigenvalue weighted by atomic mass is 32.1. The van der Waals surface area contributed by atoms with E-state index in [-0.39, 0.29) is 5.91 Å². The number of hydrogen-bond donors (Lipinski definition) is 0. The average molecular weight is 465 g/mol. The highest BCUT2D eigenvalue weighted by Gasteiger charge is 2.22. The maximum Gasteiger partial charge on any atom is 0.254 e. The number of carbonyl (C=O) groups is 1. The average Bonchev–Trinajstić information content (AvgIpc) is 3.35. The van der Waals surface area contributed by atoms with Gasteiger partial charge >= 0.3 is 0 Å². The standard InChI is InChI=1S/C27H20N4O2S/c32-27(19-7-5-18(6-8-19)25-17-34-30-29-25)31-11-12-33-26-10-9-20(13-23(26)16-31)22-14-21-3-1-2-4-24(21)28-15-22/h1-10,13-15,17H,11-12,16H2. The van der Waals surface area contributed by atoms with Crippen LogP contribution in [-0.2, 0) is 6.54 Å². The fraction of sp³-hybridized carbons (Fsp3) is 0.111. The SMILES string of the molecule is O=C(c1ccc(-c2csnn2)cc1)N1CCOc2ccc(-c3cnc4ccccc4c3)cc2C1. The van der Waals surface area contributed by atoms with E-state index in [2.05, 4.69) is 32.8 Å². The quantitative estimate of drug-likeness (QED) is 0.355. The van der Waals surface area contributed by atoms with E-state index in [1.165, 1.54) is 11.5 Å². The summed E-state index contributed by atoms with van der Waals surface area (Å²) in [5.74, 6) is 0.802. The van der Waals surface area contributed by atoms with Gasteiger partial charge in [-0.05, 0) is 53.5 Å². The molecule has 6 rings (SSSR count). The van der Waals surface area contributed by atoms with E-state index in [4.69, 9.17) is 4.74 Å². The number of benzene rings is 3. The van der Waals surface area contributed by atoms with E-state index in [9.17, 15) is 4.79 Å². The summed E-state index contributed by atoms with van der Waals surface area (Å²) in [5, 5.41) is 7.08. The molecule has 6 nitrogen and oxygen atoms in total. The zero-order valence-electron chi connectivity index (χ0n) is 18.2. The smallest absolute Gasteiger partial charge is 0.254 e. The summed E-state index contributed by atoms with van der Waals surface area (Å²) in [7, 11) is 0. The number of hydrogen-bond acceptors (Lipinski definition) is 6. The minimum atomic E-state index is -0.0165. The Kier molecular flexibility index (Phi) is 5.24. The lowest BCUT2D eigenvalue weighted by Gasteiger charge is -2.20. The van der Waals surface area contributed by atoms with Crippen molar-refractivity contribution < 1.29 is 9.53 Å². The first-order valence-electron chi connectivity index (χ1n) is 11.0. The summed E-state index contributed by atoms with van der Waals surface area (Å²) in [4.78, 5) is 19.7. The second-order valence-electron chi connectivity index (χ2n) is 8.18. The van der Waals surface area contributed by atoms with Gasteiger partial charge in [-0.2, -0.15) is 0 Å². The third-order valence-corrected chi connectivity index (χ3v) is 6.54. The van der Waals surface area contributed by atoms with Crippen molar-refractivity contribution in [1.82, 2.24) is 19.5 Å². The molecule has 0 bridgehead atoms. The number of rotatable bonds is 3. The Morgan fingerprint density at radius 2 is 1.79 bits per heavy atom. The van der Waals surface area contributed by atoms with Crippen molar-refractivity contribution in [2.45, 2.75) is 6.54 Å². The highest BCUT2D eigenvalue weighted by Crippen LogP contribution is 2.31. The zero-order chi connectivity index (χ0) is 22.9. The number of nitrogens with zero attached hydrogens (tertiary/aromatic N) is 4. The maximum absolute atomic E-state index is 13.3. The van der Waals surface area contributed by atoms with Crippen molar-refractivity contribution in [3.05, 3.63) is 95.5 Å². The molecule has 34 heavy (non-hydrogen) atoms. The van der Waals surface area contributed by atoms with E-state index in [1.54, 1.807) is 0 Å². The molecule has 0 unspecified atom stereocenters. The molecule has 3 aromatic carbocycles. The lowest BCUT2D eigenvalue weighted by molar-refractivity contribution is 0.0733. The number of para-hydroxylation sites is 1. The number of ether oxygens (including phenoxy) is 1. The topological polar surface area (TPSA) is 68.2 Å². The lowest BCUT2D eigenvalue weighted by atomic mass is 10.0. The van der Waals surface area contributed by atoms with Gasteiger partial charge in [0.25, 0.3) is 5.91 Å². The molecule has 2 aromatic heterocycles. The Balaban J connectivity index is 1.27. The summed E-state index contributed by atoms with van der Waals surface area (Å²) < 4.78 is 9.87. The van der Waals surface area contributed by atoms with Crippen molar-refractivity contribution in [1.29, 1.82) is 0 Å². The molecule has 1 aliphatic rings. The van der Waals surface area contributed by atoms with Crippen molar-refractivity contribution >= 4 is 28.3 Å². The van der Waals surface area contributed by atoms with Gasteiger partial charge in [-0.15, -0.1) is 5.10 Å². The number of fused-ring (bicyclic) bond motifs is 2. The van der Waals surface area contributed by atoms with Crippen molar-refractivity contribution in [2.75, 3.05) is 13.2 Å². The summed E-state index contributed by atoms with van der Waals surface area (Å²) in [6.07, 6.45) is 1.89. The van der Waals surface area contributed by atoms with E-state index >= 15 is 0 Å². The largest absolute Gasteiger partial charge is 0.491 e. The van der Waals surface area contributed by atoms with Crippen LogP contribution in [0, 0.1) is 0 Å². The molecule has 5 aromatic rings. The fourth-order valence-electron chi connectivity index (χ4n) is 4.23. The summed E-state index contributed by atoms with van der Waals surface area (Å²) in [6.45, 7) is 1.47. The predicted octanol–water partition coefficient (Wildman–Crippen LogP) is 5.46. The van der Waals surface area contributed by atoms with E-state index in [1.807, 2.05) is 71.1 Å². The van der Waals surface area contributed by atoms with Gasteiger partial charge in [0.15, 0.2) is 0 Å². The van der Waals surface area contributed by atoms with Crippen molar-refractivity contribution in [3.8, 4) is 28.1 Å². The predicted molar refractivity (Wildman–Crippen MR) is 133 cm³/mol. The third kappa shape index (κ3) is 3.91. The van der Waals surface area contributed by atoms with Gasteiger partial charge in [0.1, 0.15) is 18.1 Å². The second-order valence-corrected chi connectivity index (χ2v) is 8.79. The first kappa shape index (κ1) is 20.5. The monoisotopic (exact) mass is 464 g/mol. The third-order valence-electron chi connectivity index (χ3n) is 6.04. The minimum Gasteiger partial charge on any atom is -0.491 e. The Bertz CT molecular complexity index is 1480. The van der Waals surface area contributed by atoms with Crippen LogP contribution in [0.3, 0.4) is 0 Å². The molecule has 7 heteroatoms. The van der Waals surface area contributed by atoms with Crippen molar-refractivity contribution in [3.63, 3.8) is 0 Å². The van der Waals surface area contributed by atoms with E-state index in [0.717, 1.165) is 44.6 Å². The number of carbonyl (C=O) groups excluding carboxylic acids is 1. The number of aromatic nitrogens is 3. The lowest BCUT2D eigenvalue weighted by Crippen LogP contribution is -2.32. The molecule has 1 amide bonds. The molecule has 0 spiro atoms. The molecule has 0 saturated heterocycles. The van der Waals surface area contributed by atoms with Gasteiger partial charge in [0.05, 0.1) is 12.1 Å². The molecule has 3 heterocycles. The van der Waals surface area contributed by atoms with E-state index in [0.29, 0.717) is 25.3 Å². The summed E-state index contributed by atoms with van der Waals surface area (Å²) in [5.41, 5.74) is 6.46. The molecule has 0 radical (unpaired) electrons. The van der Waals surface area contributed by atoms with Gasteiger partial charge in [0, 0.05) is 45.8 Å². The fourth-order valence-corrected chi connectivity index (χ4v) is 4.70. The van der Waals surface area contributed by atoms with Crippen molar-refractivity contribution in [2.24, 2.45) is 0 Å². The minimum absolute atomic E-state index is 0.0165. The second kappa shape index (κ2) is 8.68. The Hall–Kier alpha value is -4.10. The zero-order valence-corrected chi connectivity index (χ0v) is 19.0. The molecular formula is C27H20N4O2S. The Morgan fingerprint density at radius 1 is 0.941 bits per heavy atom. The Morgan fingerprint density at radius 3 is 2.65 bits per heavy atom. The normalized spacial score (nSPS) is 13.2. The van der Waals surface area contributed by atoms with Gasteiger partial charge in [-0.3, -0.25) is 9.78 Å². The van der Waals surface area contributed by atoms with Gasteiger partial charge in [0.2, 0.25) is 0 Å². The molecule has 0 fully saturated rings. The van der Waals surface area contributed by atoms with E-state index < -0.39 is 0 Å². The van der Waals surface area contributed by atoms with Gasteiger partial charge in [-0.1, -0.05) is 40.9 Å². The number of pyridine rings is 1. The number of amides is 1. The van der Waals surface area contributed by atoms with Crippen LogP contribution in [0.25, 0.3) is 33.3 Å². The summed E-state index contributed by atoms with van der Waals surface area (Å²) in [6, 6.07) is 23.9. The first-order valence-corrected chi connectivity index (χ1v) is 11.9.